The van der Waals surface area contributed by atoms with Gasteiger partial charge in [0, 0.05) is 6.42 Å². The number of carbonyl (C=O) groups is 2. The van der Waals surface area contributed by atoms with Gasteiger partial charge in [0.05, 0.1) is 0 Å². The van der Waals surface area contributed by atoms with E-state index in [1.54, 1.807) is 0 Å². The van der Waals surface area contributed by atoms with Gasteiger partial charge in [-0.3, -0.25) is 0 Å². The first-order valence-corrected chi connectivity index (χ1v) is 5.01. The van der Waals surface area contributed by atoms with Gasteiger partial charge in [-0.25, -0.2) is 9.59 Å². The van der Waals surface area contributed by atoms with Gasteiger partial charge in [0.2, 0.25) is 0 Å². The van der Waals surface area contributed by atoms with Crippen LogP contribution in [0.25, 0.3) is 0 Å². The van der Waals surface area contributed by atoms with Gasteiger partial charge in [-0.15, -0.1) is 0 Å². The number of aliphatic carboxylic acids is 1. The van der Waals surface area contributed by atoms with Crippen LogP contribution in [0.3, 0.4) is 0 Å². The van der Waals surface area contributed by atoms with E-state index < -0.39 is 36.6 Å². The summed E-state index contributed by atoms with van der Waals surface area (Å²) in [6.45, 7) is 4.18. The van der Waals surface area contributed by atoms with E-state index in [9.17, 15) is 22.8 Å². The highest BCUT2D eigenvalue weighted by molar-refractivity contribution is 5.80. The molecule has 0 aliphatic rings. The first-order chi connectivity index (χ1) is 8.17. The summed E-state index contributed by atoms with van der Waals surface area (Å²) in [6.07, 6.45) is -5.67. The maximum Gasteiger partial charge on any atom is 0.408 e. The third kappa shape index (κ3) is 6.77. The second-order valence-corrected chi connectivity index (χ2v) is 3.64. The zero-order valence-electron chi connectivity index (χ0n) is 9.66. The van der Waals surface area contributed by atoms with E-state index in [1.165, 1.54) is 6.08 Å². The zero-order chi connectivity index (χ0) is 14.3. The van der Waals surface area contributed by atoms with Crippen molar-refractivity contribution in [1.29, 1.82) is 0 Å². The molecule has 0 bridgehead atoms. The van der Waals surface area contributed by atoms with E-state index in [1.807, 2.05) is 5.32 Å². The molecular weight excluding hydrogens is 255 g/mol. The summed E-state index contributed by atoms with van der Waals surface area (Å²) < 4.78 is 40.8. The van der Waals surface area contributed by atoms with Crippen LogP contribution >= 0.6 is 0 Å². The Morgan fingerprint density at radius 2 is 2.06 bits per heavy atom. The molecule has 104 valence electrons. The van der Waals surface area contributed by atoms with Gasteiger partial charge in [-0.05, 0) is 5.92 Å². The molecule has 0 saturated carbocycles. The largest absolute Gasteiger partial charge is 0.480 e. The van der Waals surface area contributed by atoms with Gasteiger partial charge in [0.1, 0.15) is 12.6 Å². The molecule has 0 aliphatic carbocycles. The highest BCUT2D eigenvalue weighted by atomic mass is 19.4. The Morgan fingerprint density at radius 3 is 2.44 bits per heavy atom. The monoisotopic (exact) mass is 269 g/mol. The van der Waals surface area contributed by atoms with Crippen molar-refractivity contribution >= 4 is 12.1 Å². The molecule has 2 atom stereocenters. The number of hydrogen-bond acceptors (Lipinski definition) is 3. The average molecular weight is 269 g/mol. The number of carbonyl (C=O) groups excluding carboxylic acids is 1. The summed E-state index contributed by atoms with van der Waals surface area (Å²) in [5, 5.41) is 10.6. The van der Waals surface area contributed by atoms with Gasteiger partial charge in [-0.1, -0.05) is 19.6 Å². The van der Waals surface area contributed by atoms with Crippen molar-refractivity contribution in [2.75, 3.05) is 6.61 Å². The topological polar surface area (TPSA) is 75.6 Å². The minimum absolute atomic E-state index is 0.161. The molecule has 1 amide bonds. The summed E-state index contributed by atoms with van der Waals surface area (Å²) in [6, 6.07) is -1.66. The minimum atomic E-state index is -4.50. The number of alkyl carbamates (subject to hydrolysis) is 1. The number of nitrogens with one attached hydrogen (secondary N) is 1. The van der Waals surface area contributed by atoms with Crippen molar-refractivity contribution in [2.45, 2.75) is 25.6 Å². The average Bonchev–Trinajstić information content (AvgIpc) is 2.19. The van der Waals surface area contributed by atoms with Crippen LogP contribution in [0.1, 0.15) is 13.3 Å². The first kappa shape index (κ1) is 16.3. The lowest BCUT2D eigenvalue weighted by Crippen LogP contribution is -2.46. The SMILES string of the molecule is C=CCOC(=O)NC(C(=O)O)C(C)CC(F)(F)F. The van der Waals surface area contributed by atoms with Crippen molar-refractivity contribution in [3.63, 3.8) is 0 Å². The van der Waals surface area contributed by atoms with Crippen molar-refractivity contribution < 1.29 is 32.6 Å². The molecule has 0 rings (SSSR count). The van der Waals surface area contributed by atoms with Crippen molar-refractivity contribution in [1.82, 2.24) is 5.32 Å². The molecule has 0 fully saturated rings. The van der Waals surface area contributed by atoms with Crippen LogP contribution in [0.2, 0.25) is 0 Å². The molecule has 5 nitrogen and oxygen atoms in total. The first-order valence-electron chi connectivity index (χ1n) is 5.01. The predicted octanol–water partition coefficient (Wildman–Crippen LogP) is 1.94. The fourth-order valence-corrected chi connectivity index (χ4v) is 1.23. The third-order valence-electron chi connectivity index (χ3n) is 1.99. The quantitative estimate of drug-likeness (QED) is 0.722. The van der Waals surface area contributed by atoms with Crippen LogP contribution in [-0.4, -0.2) is 36.0 Å². The number of rotatable bonds is 6. The number of halogens is 3. The van der Waals surface area contributed by atoms with Gasteiger partial charge in [0.15, 0.2) is 0 Å². The van der Waals surface area contributed by atoms with E-state index in [0.29, 0.717) is 0 Å². The number of carboxylic acids is 1. The fraction of sp³-hybridized carbons (Fsp3) is 0.600. The Hall–Kier alpha value is -1.73. The lowest BCUT2D eigenvalue weighted by atomic mass is 9.98. The molecule has 0 heterocycles. The molecule has 0 saturated heterocycles. The molecule has 0 aromatic rings. The van der Waals surface area contributed by atoms with Gasteiger partial charge in [0.25, 0.3) is 0 Å². The predicted molar refractivity (Wildman–Crippen MR) is 55.9 cm³/mol. The lowest BCUT2D eigenvalue weighted by Gasteiger charge is -2.21. The van der Waals surface area contributed by atoms with E-state index in [0.717, 1.165) is 6.92 Å². The number of carboxylic acid groups (broad SMARTS) is 1. The Labute approximate surface area is 102 Å². The molecule has 0 spiro atoms. The molecule has 18 heavy (non-hydrogen) atoms. The summed E-state index contributed by atoms with van der Waals surface area (Å²) in [7, 11) is 0. The fourth-order valence-electron chi connectivity index (χ4n) is 1.23. The van der Waals surface area contributed by atoms with Crippen molar-refractivity contribution in [3.05, 3.63) is 12.7 Å². The zero-order valence-corrected chi connectivity index (χ0v) is 9.66. The number of hydrogen-bond donors (Lipinski definition) is 2. The van der Waals surface area contributed by atoms with Crippen LogP contribution in [-0.2, 0) is 9.53 Å². The van der Waals surface area contributed by atoms with E-state index >= 15 is 0 Å². The summed E-state index contributed by atoms with van der Waals surface area (Å²) >= 11 is 0. The molecule has 2 N–H and O–H groups in total. The maximum atomic E-state index is 12.1. The second-order valence-electron chi connectivity index (χ2n) is 3.64. The van der Waals surface area contributed by atoms with Crippen LogP contribution < -0.4 is 5.32 Å². The van der Waals surface area contributed by atoms with Crippen LogP contribution in [0, 0.1) is 5.92 Å². The Balaban J connectivity index is 4.52. The Bertz CT molecular complexity index is 317. The Kier molecular flexibility index (Phi) is 6.21. The van der Waals surface area contributed by atoms with E-state index in [-0.39, 0.29) is 6.61 Å². The molecule has 2 unspecified atom stereocenters. The minimum Gasteiger partial charge on any atom is -0.480 e. The van der Waals surface area contributed by atoms with Gasteiger partial charge >= 0.3 is 18.2 Å². The highest BCUT2D eigenvalue weighted by Gasteiger charge is 2.37. The summed E-state index contributed by atoms with van der Waals surface area (Å²) in [5.41, 5.74) is 0. The molecule has 0 radical (unpaired) electrons. The molecule has 8 heteroatoms. The molecule has 0 aromatic carbocycles. The summed E-state index contributed by atoms with van der Waals surface area (Å²) in [5.74, 6) is -2.86. The van der Waals surface area contributed by atoms with Crippen molar-refractivity contribution in [3.8, 4) is 0 Å². The summed E-state index contributed by atoms with van der Waals surface area (Å²) in [4.78, 5) is 21.8. The normalized spacial score (nSPS) is 14.4. The second kappa shape index (κ2) is 6.87. The Morgan fingerprint density at radius 1 is 1.50 bits per heavy atom. The van der Waals surface area contributed by atoms with E-state index in [2.05, 4.69) is 11.3 Å². The smallest absolute Gasteiger partial charge is 0.408 e. The van der Waals surface area contributed by atoms with Crippen molar-refractivity contribution in [2.24, 2.45) is 5.92 Å². The number of ether oxygens (including phenoxy) is 1. The van der Waals surface area contributed by atoms with Gasteiger partial charge < -0.3 is 15.2 Å². The molecule has 0 aliphatic heterocycles. The molecule has 0 aromatic heterocycles. The van der Waals surface area contributed by atoms with E-state index in [4.69, 9.17) is 5.11 Å². The maximum absolute atomic E-state index is 12.1. The van der Waals surface area contributed by atoms with Gasteiger partial charge in [-0.2, -0.15) is 13.2 Å². The van der Waals surface area contributed by atoms with Crippen LogP contribution in [0.15, 0.2) is 12.7 Å². The lowest BCUT2D eigenvalue weighted by molar-refractivity contribution is -0.153. The third-order valence-corrected chi connectivity index (χ3v) is 1.99. The molecular formula is C10H14F3NO4. The standard InChI is InChI=1S/C10H14F3NO4/c1-3-4-18-9(17)14-7(8(15)16)6(2)5-10(11,12)13/h3,6-7H,1,4-5H2,2H3,(H,14,17)(H,15,16). The number of alkyl halides is 3. The number of amides is 1. The van der Waals surface area contributed by atoms with Crippen LogP contribution in [0.5, 0.6) is 0 Å². The highest BCUT2D eigenvalue weighted by Crippen LogP contribution is 2.26. The van der Waals surface area contributed by atoms with Crippen LogP contribution in [0.4, 0.5) is 18.0 Å².